The van der Waals surface area contributed by atoms with Gasteiger partial charge in [0.05, 0.1) is 19.9 Å². The van der Waals surface area contributed by atoms with Gasteiger partial charge in [0, 0.05) is 29.8 Å². The molecule has 2 aromatic heterocycles. The van der Waals surface area contributed by atoms with Crippen molar-refractivity contribution in [3.63, 3.8) is 0 Å². The SMILES string of the molecule is COc1ccc(/C=C/C(=O)NCc2cccnc2-c2ccsc2)cc1OC. The molecule has 0 aliphatic heterocycles. The molecule has 1 amide bonds. The highest BCUT2D eigenvalue weighted by Crippen LogP contribution is 2.28. The number of nitrogens with one attached hydrogen (secondary N) is 1. The van der Waals surface area contributed by atoms with Crippen molar-refractivity contribution in [3.05, 3.63) is 70.6 Å². The number of ether oxygens (including phenoxy) is 2. The summed E-state index contributed by atoms with van der Waals surface area (Å²) in [6, 6.07) is 11.4. The zero-order valence-electron chi connectivity index (χ0n) is 15.1. The van der Waals surface area contributed by atoms with Crippen LogP contribution >= 0.6 is 11.3 Å². The van der Waals surface area contributed by atoms with Gasteiger partial charge < -0.3 is 14.8 Å². The van der Waals surface area contributed by atoms with Gasteiger partial charge in [0.1, 0.15) is 0 Å². The van der Waals surface area contributed by atoms with Gasteiger partial charge in [0.25, 0.3) is 0 Å². The monoisotopic (exact) mass is 380 g/mol. The van der Waals surface area contributed by atoms with E-state index in [4.69, 9.17) is 9.47 Å². The molecular formula is C21H20N2O3S. The molecule has 3 rings (SSSR count). The fourth-order valence-corrected chi connectivity index (χ4v) is 3.25. The summed E-state index contributed by atoms with van der Waals surface area (Å²) in [4.78, 5) is 16.6. The number of methoxy groups -OCH3 is 2. The molecule has 5 nitrogen and oxygen atoms in total. The first kappa shape index (κ1) is 18.7. The lowest BCUT2D eigenvalue weighted by atomic mass is 10.1. The van der Waals surface area contributed by atoms with Gasteiger partial charge in [-0.3, -0.25) is 9.78 Å². The molecule has 3 aromatic rings. The summed E-state index contributed by atoms with van der Waals surface area (Å²) in [5.41, 5.74) is 3.78. The van der Waals surface area contributed by atoms with E-state index in [2.05, 4.69) is 10.3 Å². The summed E-state index contributed by atoms with van der Waals surface area (Å²) in [7, 11) is 3.17. The molecule has 0 spiro atoms. The molecule has 0 fully saturated rings. The number of aromatic nitrogens is 1. The minimum absolute atomic E-state index is 0.176. The van der Waals surface area contributed by atoms with Gasteiger partial charge in [0.2, 0.25) is 5.91 Å². The van der Waals surface area contributed by atoms with Gasteiger partial charge in [0.15, 0.2) is 11.5 Å². The van der Waals surface area contributed by atoms with Crippen LogP contribution in [0.2, 0.25) is 0 Å². The normalized spacial score (nSPS) is 10.7. The van der Waals surface area contributed by atoms with E-state index in [-0.39, 0.29) is 5.91 Å². The van der Waals surface area contributed by atoms with Gasteiger partial charge in [-0.05, 0) is 46.8 Å². The van der Waals surface area contributed by atoms with Crippen LogP contribution in [0.25, 0.3) is 17.3 Å². The number of carbonyl (C=O) groups excluding carboxylic acids is 1. The standard InChI is InChI=1S/C21H20N2O3S/c1-25-18-7-5-15(12-19(18)26-2)6-8-20(24)23-13-16-4-3-10-22-21(16)17-9-11-27-14-17/h3-12,14H,13H2,1-2H3,(H,23,24)/b8-6+. The van der Waals surface area contributed by atoms with Gasteiger partial charge >= 0.3 is 0 Å². The number of hydrogen-bond acceptors (Lipinski definition) is 5. The number of rotatable bonds is 7. The molecule has 1 N–H and O–H groups in total. The largest absolute Gasteiger partial charge is 0.493 e. The zero-order valence-corrected chi connectivity index (χ0v) is 16.0. The van der Waals surface area contributed by atoms with Gasteiger partial charge in [-0.1, -0.05) is 12.1 Å². The quantitative estimate of drug-likeness (QED) is 0.626. The summed E-state index contributed by atoms with van der Waals surface area (Å²) >= 11 is 1.62. The maximum atomic E-state index is 12.2. The number of amides is 1. The van der Waals surface area contributed by atoms with Crippen LogP contribution in [0.4, 0.5) is 0 Å². The van der Waals surface area contributed by atoms with Crippen molar-refractivity contribution in [1.29, 1.82) is 0 Å². The minimum atomic E-state index is -0.176. The molecule has 2 heterocycles. The lowest BCUT2D eigenvalue weighted by Crippen LogP contribution is -2.20. The second kappa shape index (κ2) is 9.00. The molecule has 0 unspecified atom stereocenters. The number of pyridine rings is 1. The van der Waals surface area contributed by atoms with Crippen molar-refractivity contribution in [1.82, 2.24) is 10.3 Å². The average molecular weight is 380 g/mol. The molecule has 0 aliphatic rings. The topological polar surface area (TPSA) is 60.5 Å². The second-order valence-electron chi connectivity index (χ2n) is 5.69. The number of nitrogens with zero attached hydrogens (tertiary/aromatic N) is 1. The third kappa shape index (κ3) is 4.74. The van der Waals surface area contributed by atoms with Crippen LogP contribution in [0.1, 0.15) is 11.1 Å². The fraction of sp³-hybridized carbons (Fsp3) is 0.143. The molecule has 0 radical (unpaired) electrons. The van der Waals surface area contributed by atoms with Crippen molar-refractivity contribution < 1.29 is 14.3 Å². The lowest BCUT2D eigenvalue weighted by Gasteiger charge is -2.08. The van der Waals surface area contributed by atoms with Crippen molar-refractivity contribution in [2.75, 3.05) is 14.2 Å². The molecule has 0 aliphatic carbocycles. The Balaban J connectivity index is 1.65. The molecule has 0 bridgehead atoms. The van der Waals surface area contributed by atoms with Crippen LogP contribution in [0.15, 0.2) is 59.4 Å². The van der Waals surface area contributed by atoms with Crippen molar-refractivity contribution in [2.45, 2.75) is 6.54 Å². The molecular weight excluding hydrogens is 360 g/mol. The number of thiophene rings is 1. The predicted molar refractivity (Wildman–Crippen MR) is 108 cm³/mol. The Morgan fingerprint density at radius 2 is 2.04 bits per heavy atom. The van der Waals surface area contributed by atoms with Crippen molar-refractivity contribution in [3.8, 4) is 22.8 Å². The Hall–Kier alpha value is -3.12. The summed E-state index contributed by atoms with van der Waals surface area (Å²) in [6.07, 6.45) is 5.00. The molecule has 1 aromatic carbocycles. The van der Waals surface area contributed by atoms with Crippen LogP contribution in [0, 0.1) is 0 Å². The molecule has 6 heteroatoms. The molecule has 27 heavy (non-hydrogen) atoms. The van der Waals surface area contributed by atoms with Crippen LogP contribution in [0.5, 0.6) is 11.5 Å². The molecule has 0 saturated heterocycles. The van der Waals surface area contributed by atoms with Gasteiger partial charge in [-0.15, -0.1) is 0 Å². The van der Waals surface area contributed by atoms with Crippen LogP contribution in [-0.4, -0.2) is 25.1 Å². The van der Waals surface area contributed by atoms with Crippen LogP contribution in [0.3, 0.4) is 0 Å². The third-order valence-corrected chi connectivity index (χ3v) is 4.66. The Labute approximate surface area is 162 Å². The predicted octanol–water partition coefficient (Wildman–Crippen LogP) is 4.16. The smallest absolute Gasteiger partial charge is 0.244 e. The van der Waals surface area contributed by atoms with E-state index in [9.17, 15) is 4.79 Å². The summed E-state index contributed by atoms with van der Waals surface area (Å²) < 4.78 is 10.5. The third-order valence-electron chi connectivity index (χ3n) is 3.97. The lowest BCUT2D eigenvalue weighted by molar-refractivity contribution is -0.116. The highest BCUT2D eigenvalue weighted by Gasteiger charge is 2.08. The maximum absolute atomic E-state index is 12.2. The van der Waals surface area contributed by atoms with E-state index in [1.54, 1.807) is 43.9 Å². The van der Waals surface area contributed by atoms with E-state index in [1.807, 2.05) is 41.1 Å². The van der Waals surface area contributed by atoms with E-state index < -0.39 is 0 Å². The van der Waals surface area contributed by atoms with Crippen LogP contribution in [-0.2, 0) is 11.3 Å². The maximum Gasteiger partial charge on any atom is 0.244 e. The highest BCUT2D eigenvalue weighted by atomic mass is 32.1. The molecule has 0 atom stereocenters. The summed E-state index contributed by atoms with van der Waals surface area (Å²) in [5, 5.41) is 6.96. The van der Waals surface area contributed by atoms with E-state index in [0.29, 0.717) is 18.0 Å². The Bertz CT molecular complexity index is 936. The Morgan fingerprint density at radius 1 is 1.19 bits per heavy atom. The minimum Gasteiger partial charge on any atom is -0.493 e. The van der Waals surface area contributed by atoms with E-state index in [1.165, 1.54) is 6.08 Å². The van der Waals surface area contributed by atoms with Gasteiger partial charge in [-0.2, -0.15) is 11.3 Å². The Morgan fingerprint density at radius 3 is 2.78 bits per heavy atom. The first-order chi connectivity index (χ1) is 13.2. The first-order valence-electron chi connectivity index (χ1n) is 8.35. The molecule has 138 valence electrons. The van der Waals surface area contributed by atoms with E-state index in [0.717, 1.165) is 22.4 Å². The van der Waals surface area contributed by atoms with Crippen molar-refractivity contribution in [2.24, 2.45) is 0 Å². The second-order valence-corrected chi connectivity index (χ2v) is 6.47. The molecule has 0 saturated carbocycles. The number of benzene rings is 1. The average Bonchev–Trinajstić information content (AvgIpc) is 3.25. The number of carbonyl (C=O) groups is 1. The first-order valence-corrected chi connectivity index (χ1v) is 9.30. The summed E-state index contributed by atoms with van der Waals surface area (Å²) in [6.45, 7) is 0.411. The van der Waals surface area contributed by atoms with E-state index >= 15 is 0 Å². The Kier molecular flexibility index (Phi) is 6.22. The zero-order chi connectivity index (χ0) is 19.1. The fourth-order valence-electron chi connectivity index (χ4n) is 2.61. The summed E-state index contributed by atoms with van der Waals surface area (Å²) in [5.74, 6) is 1.09. The highest BCUT2D eigenvalue weighted by molar-refractivity contribution is 7.08. The van der Waals surface area contributed by atoms with Crippen LogP contribution < -0.4 is 14.8 Å². The van der Waals surface area contributed by atoms with Crippen molar-refractivity contribution >= 4 is 23.3 Å². The van der Waals surface area contributed by atoms with Gasteiger partial charge in [-0.25, -0.2) is 0 Å². The number of hydrogen-bond donors (Lipinski definition) is 1.